The number of carbonyl (C=O) groups is 1. The molecule has 38 heavy (non-hydrogen) atoms. The van der Waals surface area contributed by atoms with Gasteiger partial charge in [-0.1, -0.05) is 18.2 Å². The Kier molecular flexibility index (Phi) is 7.22. The third kappa shape index (κ3) is 4.65. The third-order valence-electron chi connectivity index (χ3n) is 6.62. The van der Waals surface area contributed by atoms with E-state index in [1.165, 1.54) is 0 Å². The molecular weight excluding hydrogens is 482 g/mol. The monoisotopic (exact) mass is 513 g/mol. The maximum absolute atomic E-state index is 13.8. The van der Waals surface area contributed by atoms with Crippen molar-refractivity contribution < 1.29 is 23.7 Å². The van der Waals surface area contributed by atoms with Gasteiger partial charge in [0.2, 0.25) is 0 Å². The summed E-state index contributed by atoms with van der Waals surface area (Å²) in [5.74, 6) is 2.73. The van der Waals surface area contributed by atoms with Crippen LogP contribution in [0.2, 0.25) is 0 Å². The number of fused-ring (bicyclic) bond motifs is 1. The van der Waals surface area contributed by atoms with Crippen molar-refractivity contribution in [1.29, 1.82) is 0 Å². The lowest BCUT2D eigenvalue weighted by atomic mass is 9.95. The molecule has 3 aromatic carbocycles. The van der Waals surface area contributed by atoms with Gasteiger partial charge in [-0.25, -0.2) is 0 Å². The first-order valence-electron chi connectivity index (χ1n) is 12.6. The maximum atomic E-state index is 13.8. The Balaban J connectivity index is 1.62. The minimum absolute atomic E-state index is 0.111. The van der Waals surface area contributed by atoms with Crippen molar-refractivity contribution >= 4 is 5.91 Å². The Morgan fingerprint density at radius 2 is 1.47 bits per heavy atom. The van der Waals surface area contributed by atoms with Crippen LogP contribution in [0.1, 0.15) is 47.1 Å². The molecule has 0 radical (unpaired) electrons. The molecule has 0 aliphatic carbocycles. The first kappa shape index (κ1) is 25.2. The molecule has 0 saturated heterocycles. The Morgan fingerprint density at radius 1 is 0.842 bits per heavy atom. The molecule has 1 atom stereocenters. The number of carbonyl (C=O) groups excluding carboxylic acids is 1. The second-order valence-corrected chi connectivity index (χ2v) is 8.85. The quantitative estimate of drug-likeness (QED) is 0.296. The molecule has 8 heteroatoms. The molecule has 0 saturated carbocycles. The standard InChI is InChI=1S/C30H31N3O5/c1-5-37-24-16-11-21(17-25(24)38-6-2)29-26-27(20-9-14-23(36-4)15-10-20)31-32-28(26)30(34)33(29)18-19-7-12-22(35-3)13-8-19/h7-17,29H,5-6,18H2,1-4H3,(H,31,32). The van der Waals surface area contributed by atoms with Crippen LogP contribution < -0.4 is 18.9 Å². The average Bonchev–Trinajstić information content (AvgIpc) is 3.49. The molecule has 1 aromatic heterocycles. The number of aromatic nitrogens is 2. The number of nitrogens with one attached hydrogen (secondary N) is 1. The highest BCUT2D eigenvalue weighted by molar-refractivity contribution is 6.00. The highest BCUT2D eigenvalue weighted by atomic mass is 16.5. The Labute approximate surface area is 222 Å². The first-order chi connectivity index (χ1) is 18.6. The minimum Gasteiger partial charge on any atom is -0.497 e. The summed E-state index contributed by atoms with van der Waals surface area (Å²) in [6, 6.07) is 20.9. The molecule has 4 aromatic rings. The third-order valence-corrected chi connectivity index (χ3v) is 6.62. The van der Waals surface area contributed by atoms with Crippen LogP contribution >= 0.6 is 0 Å². The van der Waals surface area contributed by atoms with Crippen LogP contribution in [-0.2, 0) is 6.54 Å². The number of amides is 1. The smallest absolute Gasteiger partial charge is 0.273 e. The number of benzene rings is 3. The van der Waals surface area contributed by atoms with E-state index in [0.717, 1.165) is 39.4 Å². The lowest BCUT2D eigenvalue weighted by Crippen LogP contribution is -2.29. The number of methoxy groups -OCH3 is 2. The first-order valence-corrected chi connectivity index (χ1v) is 12.6. The van der Waals surface area contributed by atoms with E-state index in [-0.39, 0.29) is 11.9 Å². The van der Waals surface area contributed by atoms with E-state index in [1.807, 2.05) is 85.5 Å². The van der Waals surface area contributed by atoms with Crippen LogP contribution in [0.4, 0.5) is 0 Å². The number of rotatable bonds is 10. The molecule has 1 amide bonds. The van der Waals surface area contributed by atoms with E-state index >= 15 is 0 Å². The van der Waals surface area contributed by atoms with Crippen LogP contribution in [0.25, 0.3) is 11.3 Å². The molecule has 1 unspecified atom stereocenters. The highest BCUT2D eigenvalue weighted by Crippen LogP contribution is 2.45. The van der Waals surface area contributed by atoms with Gasteiger partial charge in [-0.3, -0.25) is 9.89 Å². The SMILES string of the molecule is CCOc1ccc(C2c3c(-c4ccc(OC)cc4)n[nH]c3C(=O)N2Cc2ccc(OC)cc2)cc1OCC. The van der Waals surface area contributed by atoms with Gasteiger partial charge in [0.15, 0.2) is 11.5 Å². The van der Waals surface area contributed by atoms with Gasteiger partial charge in [-0.2, -0.15) is 5.10 Å². The largest absolute Gasteiger partial charge is 0.497 e. The second kappa shape index (κ2) is 10.9. The van der Waals surface area contributed by atoms with Gasteiger partial charge in [-0.05, 0) is 73.5 Å². The lowest BCUT2D eigenvalue weighted by Gasteiger charge is -2.27. The van der Waals surface area contributed by atoms with Crippen molar-refractivity contribution in [3.8, 4) is 34.3 Å². The molecule has 0 fully saturated rings. The zero-order valence-electron chi connectivity index (χ0n) is 22.0. The predicted molar refractivity (Wildman–Crippen MR) is 144 cm³/mol. The van der Waals surface area contributed by atoms with Crippen LogP contribution in [0.15, 0.2) is 66.7 Å². The fourth-order valence-electron chi connectivity index (χ4n) is 4.84. The van der Waals surface area contributed by atoms with Gasteiger partial charge in [0, 0.05) is 17.7 Å². The van der Waals surface area contributed by atoms with Crippen molar-refractivity contribution in [2.75, 3.05) is 27.4 Å². The Bertz CT molecular complexity index is 1410. The zero-order chi connectivity index (χ0) is 26.6. The van der Waals surface area contributed by atoms with E-state index in [4.69, 9.17) is 18.9 Å². The molecule has 0 bridgehead atoms. The summed E-state index contributed by atoms with van der Waals surface area (Å²) in [6.07, 6.45) is 0. The van der Waals surface area contributed by atoms with Gasteiger partial charge in [0.25, 0.3) is 5.91 Å². The van der Waals surface area contributed by atoms with E-state index in [9.17, 15) is 4.79 Å². The molecule has 5 rings (SSSR count). The van der Waals surface area contributed by atoms with Crippen LogP contribution in [0.3, 0.4) is 0 Å². The molecule has 1 aliphatic rings. The van der Waals surface area contributed by atoms with E-state index in [1.54, 1.807) is 14.2 Å². The topological polar surface area (TPSA) is 85.9 Å². The van der Waals surface area contributed by atoms with Gasteiger partial charge in [0.05, 0.1) is 39.2 Å². The second-order valence-electron chi connectivity index (χ2n) is 8.85. The van der Waals surface area contributed by atoms with E-state index in [0.29, 0.717) is 37.0 Å². The number of aromatic amines is 1. The van der Waals surface area contributed by atoms with Crippen LogP contribution in [0.5, 0.6) is 23.0 Å². The summed E-state index contributed by atoms with van der Waals surface area (Å²) in [6.45, 7) is 5.31. The van der Waals surface area contributed by atoms with Crippen molar-refractivity contribution in [2.45, 2.75) is 26.4 Å². The van der Waals surface area contributed by atoms with E-state index < -0.39 is 0 Å². The summed E-state index contributed by atoms with van der Waals surface area (Å²) in [5, 5.41) is 7.59. The predicted octanol–water partition coefficient (Wildman–Crippen LogP) is 5.64. The number of ether oxygens (including phenoxy) is 4. The molecule has 1 N–H and O–H groups in total. The molecule has 8 nitrogen and oxygen atoms in total. The van der Waals surface area contributed by atoms with Gasteiger partial charge in [0.1, 0.15) is 17.2 Å². The van der Waals surface area contributed by atoms with Crippen molar-refractivity contribution in [3.63, 3.8) is 0 Å². The minimum atomic E-state index is -0.384. The summed E-state index contributed by atoms with van der Waals surface area (Å²) >= 11 is 0. The Morgan fingerprint density at radius 3 is 2.11 bits per heavy atom. The van der Waals surface area contributed by atoms with Crippen LogP contribution in [0, 0.1) is 0 Å². The normalized spacial score (nSPS) is 14.4. The Hall–Kier alpha value is -4.46. The molecule has 2 heterocycles. The molecule has 0 spiro atoms. The lowest BCUT2D eigenvalue weighted by molar-refractivity contribution is 0.0729. The number of hydrogen-bond donors (Lipinski definition) is 1. The van der Waals surface area contributed by atoms with Gasteiger partial charge < -0.3 is 23.8 Å². The number of nitrogens with zero attached hydrogens (tertiary/aromatic N) is 2. The van der Waals surface area contributed by atoms with Crippen molar-refractivity contribution in [3.05, 3.63) is 89.1 Å². The van der Waals surface area contributed by atoms with Gasteiger partial charge in [-0.15, -0.1) is 0 Å². The zero-order valence-corrected chi connectivity index (χ0v) is 22.0. The molecular formula is C30H31N3O5. The summed E-state index contributed by atoms with van der Waals surface area (Å²) < 4.78 is 22.4. The fraction of sp³-hybridized carbons (Fsp3) is 0.267. The van der Waals surface area contributed by atoms with Crippen molar-refractivity contribution in [2.24, 2.45) is 0 Å². The number of hydrogen-bond acceptors (Lipinski definition) is 6. The van der Waals surface area contributed by atoms with Gasteiger partial charge >= 0.3 is 0 Å². The molecule has 196 valence electrons. The number of H-pyrrole nitrogens is 1. The summed E-state index contributed by atoms with van der Waals surface area (Å²) in [7, 11) is 3.27. The van der Waals surface area contributed by atoms with Crippen LogP contribution in [-0.4, -0.2) is 48.4 Å². The average molecular weight is 514 g/mol. The van der Waals surface area contributed by atoms with E-state index in [2.05, 4.69) is 10.2 Å². The summed E-state index contributed by atoms with van der Waals surface area (Å²) in [5.41, 5.74) is 4.84. The van der Waals surface area contributed by atoms with Crippen molar-refractivity contribution in [1.82, 2.24) is 15.1 Å². The summed E-state index contributed by atoms with van der Waals surface area (Å²) in [4.78, 5) is 15.7. The fourth-order valence-corrected chi connectivity index (χ4v) is 4.84. The molecule has 1 aliphatic heterocycles. The maximum Gasteiger partial charge on any atom is 0.273 e. The highest BCUT2D eigenvalue weighted by Gasteiger charge is 2.42.